The third-order valence-electron chi connectivity index (χ3n) is 5.89. The quantitative estimate of drug-likeness (QED) is 0.547. The van der Waals surface area contributed by atoms with E-state index < -0.39 is 0 Å². The molecule has 156 valence electrons. The van der Waals surface area contributed by atoms with Crippen LogP contribution in [0.4, 0.5) is 0 Å². The zero-order valence-corrected chi connectivity index (χ0v) is 17.6. The Morgan fingerprint density at radius 1 is 0.593 bits per heavy atom. The lowest BCUT2D eigenvalue weighted by Gasteiger charge is -2.35. The second-order valence-electron chi connectivity index (χ2n) is 8.27. The maximum Gasteiger partial charge on any atom is 0.220 e. The summed E-state index contributed by atoms with van der Waals surface area (Å²) in [5.74, 6) is 0.413. The van der Waals surface area contributed by atoms with Crippen molar-refractivity contribution in [2.45, 2.75) is 71.6 Å². The molecule has 2 aliphatic heterocycles. The summed E-state index contributed by atoms with van der Waals surface area (Å²) in [6.07, 6.45) is 11.3. The Kier molecular flexibility index (Phi) is 10.1. The fourth-order valence-corrected chi connectivity index (χ4v) is 4.17. The topological polar surface area (TPSA) is 47.1 Å². The van der Waals surface area contributed by atoms with Gasteiger partial charge in [-0.2, -0.15) is 0 Å². The molecule has 2 aliphatic rings. The van der Waals surface area contributed by atoms with Crippen molar-refractivity contribution in [1.29, 1.82) is 0 Å². The van der Waals surface area contributed by atoms with Gasteiger partial charge in [0.15, 0.2) is 0 Å². The Balaban J connectivity index is 1.41. The van der Waals surface area contributed by atoms with E-state index in [1.54, 1.807) is 13.8 Å². The highest BCUT2D eigenvalue weighted by atomic mass is 16.2. The van der Waals surface area contributed by atoms with Gasteiger partial charge in [0.25, 0.3) is 0 Å². The van der Waals surface area contributed by atoms with Gasteiger partial charge in [-0.15, -0.1) is 0 Å². The van der Waals surface area contributed by atoms with E-state index in [9.17, 15) is 9.59 Å². The molecular weight excluding hydrogens is 340 g/mol. The van der Waals surface area contributed by atoms with Crippen LogP contribution in [0.5, 0.6) is 0 Å². The molecule has 0 spiro atoms. The highest BCUT2D eigenvalue weighted by molar-refractivity contribution is 5.73. The number of hydrogen-bond donors (Lipinski definition) is 0. The van der Waals surface area contributed by atoms with Crippen LogP contribution in [0.25, 0.3) is 0 Å². The first kappa shape index (κ1) is 22.2. The van der Waals surface area contributed by atoms with Crippen LogP contribution in [-0.2, 0) is 9.59 Å². The fourth-order valence-electron chi connectivity index (χ4n) is 4.17. The van der Waals surface area contributed by atoms with Crippen molar-refractivity contribution >= 4 is 11.8 Å². The van der Waals surface area contributed by atoms with Gasteiger partial charge in [0, 0.05) is 40.0 Å². The summed E-state index contributed by atoms with van der Waals surface area (Å²) in [4.78, 5) is 31.7. The van der Waals surface area contributed by atoms with Gasteiger partial charge in [-0.1, -0.05) is 32.1 Å². The van der Waals surface area contributed by atoms with Crippen LogP contribution in [0.15, 0.2) is 0 Å². The summed E-state index contributed by atoms with van der Waals surface area (Å²) in [6.45, 7) is 11.4. The number of amides is 2. The van der Waals surface area contributed by atoms with E-state index in [4.69, 9.17) is 0 Å². The first-order valence-corrected chi connectivity index (χ1v) is 11.0. The molecule has 2 fully saturated rings. The van der Waals surface area contributed by atoms with Gasteiger partial charge < -0.3 is 9.80 Å². The lowest BCUT2D eigenvalue weighted by Crippen LogP contribution is -2.46. The second kappa shape index (κ2) is 12.3. The number of carbonyl (C=O) groups is 2. The van der Waals surface area contributed by atoms with Gasteiger partial charge in [-0.25, -0.2) is 0 Å². The third kappa shape index (κ3) is 8.60. The number of rotatable bonds is 10. The summed E-state index contributed by atoms with van der Waals surface area (Å²) in [5, 5.41) is 0. The summed E-state index contributed by atoms with van der Waals surface area (Å²) in [7, 11) is 0. The number of carbonyl (C=O) groups excluding carboxylic acids is 2. The molecule has 0 atom stereocenters. The molecule has 0 saturated carbocycles. The average molecular weight is 381 g/mol. The third-order valence-corrected chi connectivity index (χ3v) is 5.89. The van der Waals surface area contributed by atoms with Gasteiger partial charge in [0.05, 0.1) is 13.3 Å². The summed E-state index contributed by atoms with van der Waals surface area (Å²) in [5.41, 5.74) is 0. The predicted octanol–water partition coefficient (Wildman–Crippen LogP) is 2.74. The van der Waals surface area contributed by atoms with E-state index in [0.29, 0.717) is 0 Å². The molecule has 0 N–H and O–H groups in total. The smallest absolute Gasteiger partial charge is 0.220 e. The van der Waals surface area contributed by atoms with Crippen LogP contribution in [0.1, 0.15) is 71.6 Å². The molecule has 6 heteroatoms. The Morgan fingerprint density at radius 3 is 1.33 bits per heavy atom. The van der Waals surface area contributed by atoms with E-state index in [1.807, 2.05) is 9.80 Å². The molecule has 0 aromatic carbocycles. The zero-order chi connectivity index (χ0) is 19.5. The van der Waals surface area contributed by atoms with E-state index >= 15 is 0 Å². The van der Waals surface area contributed by atoms with Crippen LogP contribution in [0, 0.1) is 0 Å². The van der Waals surface area contributed by atoms with Crippen LogP contribution < -0.4 is 0 Å². The first-order valence-electron chi connectivity index (χ1n) is 11.0. The van der Waals surface area contributed by atoms with Crippen molar-refractivity contribution in [2.75, 3.05) is 52.6 Å². The minimum atomic E-state index is 0.207. The minimum Gasteiger partial charge on any atom is -0.330 e. The van der Waals surface area contributed by atoms with E-state index in [-0.39, 0.29) is 11.8 Å². The molecule has 2 amide bonds. The Labute approximate surface area is 165 Å². The van der Waals surface area contributed by atoms with Crippen molar-refractivity contribution in [3.8, 4) is 0 Å². The van der Waals surface area contributed by atoms with Crippen molar-refractivity contribution < 1.29 is 9.59 Å². The molecule has 0 bridgehead atoms. The van der Waals surface area contributed by atoms with E-state index in [2.05, 4.69) is 9.80 Å². The molecule has 0 radical (unpaired) electrons. The van der Waals surface area contributed by atoms with Crippen LogP contribution in [0.2, 0.25) is 0 Å². The normalized spacial score (nSPS) is 19.5. The molecule has 2 heterocycles. The van der Waals surface area contributed by atoms with Gasteiger partial charge in [0.2, 0.25) is 11.8 Å². The highest BCUT2D eigenvalue weighted by Crippen LogP contribution is 2.12. The molecule has 0 aromatic heterocycles. The predicted molar refractivity (Wildman–Crippen MR) is 109 cm³/mol. The monoisotopic (exact) mass is 380 g/mol. The molecule has 0 aromatic rings. The molecular formula is C21H40N4O2. The SMILES string of the molecule is CC(=O)N1CCCN(CCCCCCCCCN2CCCN(C(C)=O)C2)C1. The average Bonchev–Trinajstić information content (AvgIpc) is 2.67. The lowest BCUT2D eigenvalue weighted by molar-refractivity contribution is -0.133. The number of hydrogen-bond acceptors (Lipinski definition) is 4. The summed E-state index contributed by atoms with van der Waals surface area (Å²) in [6, 6.07) is 0. The van der Waals surface area contributed by atoms with Crippen LogP contribution in [0.3, 0.4) is 0 Å². The van der Waals surface area contributed by atoms with Crippen molar-refractivity contribution in [2.24, 2.45) is 0 Å². The number of unbranched alkanes of at least 4 members (excludes halogenated alkanes) is 6. The summed E-state index contributed by atoms with van der Waals surface area (Å²) < 4.78 is 0. The fraction of sp³-hybridized carbons (Fsp3) is 0.905. The number of nitrogens with zero attached hydrogens (tertiary/aromatic N) is 4. The maximum absolute atomic E-state index is 11.5. The molecule has 2 saturated heterocycles. The van der Waals surface area contributed by atoms with E-state index in [1.165, 1.54) is 44.9 Å². The standard InChI is InChI=1S/C21H40N4O2/c1-20(26)24-16-10-14-22(18-24)12-8-6-4-3-5-7-9-13-23-15-11-17-25(19-23)21(2)27/h3-19H2,1-2H3. The van der Waals surface area contributed by atoms with Gasteiger partial charge in [-0.05, 0) is 38.8 Å². The summed E-state index contributed by atoms with van der Waals surface area (Å²) >= 11 is 0. The largest absolute Gasteiger partial charge is 0.330 e. The molecule has 0 unspecified atom stereocenters. The van der Waals surface area contributed by atoms with Gasteiger partial charge in [-0.3, -0.25) is 19.4 Å². The Bertz CT molecular complexity index is 417. The first-order chi connectivity index (χ1) is 13.1. The van der Waals surface area contributed by atoms with Gasteiger partial charge >= 0.3 is 0 Å². The second-order valence-corrected chi connectivity index (χ2v) is 8.27. The molecule has 6 nitrogen and oxygen atoms in total. The molecule has 0 aliphatic carbocycles. The van der Waals surface area contributed by atoms with Crippen LogP contribution in [-0.4, -0.2) is 84.0 Å². The lowest BCUT2D eigenvalue weighted by atomic mass is 10.1. The maximum atomic E-state index is 11.5. The highest BCUT2D eigenvalue weighted by Gasteiger charge is 2.19. The minimum absolute atomic E-state index is 0.207. The Hall–Kier alpha value is -1.14. The zero-order valence-electron chi connectivity index (χ0n) is 17.6. The molecule has 27 heavy (non-hydrogen) atoms. The van der Waals surface area contributed by atoms with Crippen molar-refractivity contribution in [3.05, 3.63) is 0 Å². The van der Waals surface area contributed by atoms with Crippen LogP contribution >= 0.6 is 0 Å². The Morgan fingerprint density at radius 2 is 0.963 bits per heavy atom. The molecule has 2 rings (SSSR count). The van der Waals surface area contributed by atoms with Gasteiger partial charge in [0.1, 0.15) is 0 Å². The van der Waals surface area contributed by atoms with Crippen molar-refractivity contribution in [1.82, 2.24) is 19.6 Å². The van der Waals surface area contributed by atoms with E-state index in [0.717, 1.165) is 65.4 Å². The van der Waals surface area contributed by atoms with Crippen molar-refractivity contribution in [3.63, 3.8) is 0 Å².